The van der Waals surface area contributed by atoms with E-state index in [1.165, 1.54) is 12.7 Å². The number of rotatable bonds is 3. The number of hydrogen-bond acceptors (Lipinski definition) is 5. The SMILES string of the molecule is COC(=O)c1ccccc1NC(=O)c1noc2c1CCc1ccccc1-2. The third kappa shape index (κ3) is 2.65. The number of methoxy groups -OCH3 is 1. The second-order valence-corrected chi connectivity index (χ2v) is 5.99. The predicted octanol–water partition coefficient (Wildman–Crippen LogP) is 3.48. The number of nitrogens with zero attached hydrogens (tertiary/aromatic N) is 1. The molecule has 0 fully saturated rings. The Morgan fingerprint density at radius 1 is 1.08 bits per heavy atom. The lowest BCUT2D eigenvalue weighted by atomic mass is 9.89. The molecule has 0 atom stereocenters. The molecule has 0 saturated carbocycles. The summed E-state index contributed by atoms with van der Waals surface area (Å²) in [7, 11) is 1.30. The van der Waals surface area contributed by atoms with Crippen LogP contribution in [0.15, 0.2) is 53.1 Å². The van der Waals surface area contributed by atoms with Crippen molar-refractivity contribution in [1.29, 1.82) is 0 Å². The van der Waals surface area contributed by atoms with E-state index in [2.05, 4.69) is 10.5 Å². The van der Waals surface area contributed by atoms with Crippen LogP contribution in [0.4, 0.5) is 5.69 Å². The van der Waals surface area contributed by atoms with Gasteiger partial charge >= 0.3 is 5.97 Å². The molecular weight excluding hydrogens is 332 g/mol. The number of amides is 1. The molecule has 1 aromatic heterocycles. The fourth-order valence-electron chi connectivity index (χ4n) is 3.21. The first-order chi connectivity index (χ1) is 12.7. The van der Waals surface area contributed by atoms with Crippen LogP contribution in [0.25, 0.3) is 11.3 Å². The zero-order valence-electron chi connectivity index (χ0n) is 14.1. The van der Waals surface area contributed by atoms with Gasteiger partial charge in [0.05, 0.1) is 18.4 Å². The van der Waals surface area contributed by atoms with E-state index in [9.17, 15) is 9.59 Å². The van der Waals surface area contributed by atoms with Crippen LogP contribution in [0, 0.1) is 0 Å². The lowest BCUT2D eigenvalue weighted by molar-refractivity contribution is 0.0602. The minimum absolute atomic E-state index is 0.245. The normalized spacial score (nSPS) is 12.0. The van der Waals surface area contributed by atoms with Gasteiger partial charge in [-0.2, -0.15) is 0 Å². The van der Waals surface area contributed by atoms with Crippen LogP contribution in [0.3, 0.4) is 0 Å². The smallest absolute Gasteiger partial charge is 0.339 e. The van der Waals surface area contributed by atoms with Gasteiger partial charge in [0.15, 0.2) is 11.5 Å². The van der Waals surface area contributed by atoms with Crippen LogP contribution in [0.5, 0.6) is 0 Å². The molecule has 0 aliphatic heterocycles. The summed E-state index contributed by atoms with van der Waals surface area (Å²) in [6.45, 7) is 0. The van der Waals surface area contributed by atoms with Gasteiger partial charge in [0.1, 0.15) is 0 Å². The molecule has 0 unspecified atom stereocenters. The van der Waals surface area contributed by atoms with Crippen molar-refractivity contribution in [3.05, 3.63) is 70.9 Å². The van der Waals surface area contributed by atoms with Gasteiger partial charge in [0, 0.05) is 11.1 Å². The van der Waals surface area contributed by atoms with E-state index in [1.54, 1.807) is 24.3 Å². The van der Waals surface area contributed by atoms with Crippen LogP contribution >= 0.6 is 0 Å². The maximum Gasteiger partial charge on any atom is 0.339 e. The molecule has 2 aromatic carbocycles. The predicted molar refractivity (Wildman–Crippen MR) is 95.1 cm³/mol. The number of aryl methyl sites for hydroxylation is 1. The molecule has 4 rings (SSSR count). The molecule has 3 aromatic rings. The third-order valence-electron chi connectivity index (χ3n) is 4.49. The van der Waals surface area contributed by atoms with Crippen LogP contribution in [-0.4, -0.2) is 24.1 Å². The maximum atomic E-state index is 12.7. The Labute approximate surface area is 149 Å². The summed E-state index contributed by atoms with van der Waals surface area (Å²) in [5.41, 5.74) is 3.84. The molecule has 1 amide bonds. The first kappa shape index (κ1) is 16.1. The van der Waals surface area contributed by atoms with Crippen LogP contribution < -0.4 is 5.32 Å². The lowest BCUT2D eigenvalue weighted by Crippen LogP contribution is -2.18. The van der Waals surface area contributed by atoms with E-state index in [-0.39, 0.29) is 11.3 Å². The zero-order valence-corrected chi connectivity index (χ0v) is 14.1. The average Bonchev–Trinajstić information content (AvgIpc) is 3.12. The van der Waals surface area contributed by atoms with Gasteiger partial charge in [-0.15, -0.1) is 0 Å². The standard InChI is InChI=1S/C20H16N2O4/c1-25-20(24)14-8-4-5-9-16(14)21-19(23)17-15-11-10-12-6-2-3-7-13(12)18(15)26-22-17/h2-9H,10-11H2,1H3,(H,21,23). The Kier molecular flexibility index (Phi) is 4.01. The van der Waals surface area contributed by atoms with Gasteiger partial charge in [-0.3, -0.25) is 4.79 Å². The van der Waals surface area contributed by atoms with Gasteiger partial charge in [0.2, 0.25) is 0 Å². The zero-order chi connectivity index (χ0) is 18.1. The first-order valence-electron chi connectivity index (χ1n) is 8.24. The van der Waals surface area contributed by atoms with Crippen LogP contribution in [0.1, 0.15) is 32.0 Å². The van der Waals surface area contributed by atoms with Crippen molar-refractivity contribution in [2.24, 2.45) is 0 Å². The Hall–Kier alpha value is -3.41. The molecule has 6 heteroatoms. The number of anilines is 1. The highest BCUT2D eigenvalue weighted by atomic mass is 16.5. The number of fused-ring (bicyclic) bond motifs is 3. The van der Waals surface area contributed by atoms with Crippen LogP contribution in [-0.2, 0) is 17.6 Å². The van der Waals surface area contributed by atoms with E-state index in [0.29, 0.717) is 17.9 Å². The van der Waals surface area contributed by atoms with Gasteiger partial charge < -0.3 is 14.6 Å². The van der Waals surface area contributed by atoms with Crippen molar-refractivity contribution in [2.75, 3.05) is 12.4 Å². The van der Waals surface area contributed by atoms with Crippen LogP contribution in [0.2, 0.25) is 0 Å². The van der Waals surface area contributed by atoms with Gasteiger partial charge in [-0.1, -0.05) is 41.6 Å². The molecule has 6 nitrogen and oxygen atoms in total. The van der Waals surface area contributed by atoms with Gasteiger partial charge in [-0.05, 0) is 30.5 Å². The molecule has 0 spiro atoms. The number of hydrogen-bond donors (Lipinski definition) is 1. The molecule has 130 valence electrons. The number of para-hydroxylation sites is 1. The number of aromatic nitrogens is 1. The molecule has 1 heterocycles. The van der Waals surface area contributed by atoms with Crippen molar-refractivity contribution in [3.63, 3.8) is 0 Å². The van der Waals surface area contributed by atoms with Gasteiger partial charge in [0.25, 0.3) is 5.91 Å². The summed E-state index contributed by atoms with van der Waals surface area (Å²) in [5, 5.41) is 6.72. The number of ether oxygens (including phenoxy) is 1. The number of benzene rings is 2. The summed E-state index contributed by atoms with van der Waals surface area (Å²) in [5.74, 6) is -0.291. The Morgan fingerprint density at radius 2 is 1.85 bits per heavy atom. The first-order valence-corrected chi connectivity index (χ1v) is 8.24. The van der Waals surface area contributed by atoms with Crippen molar-refractivity contribution < 1.29 is 18.8 Å². The Morgan fingerprint density at radius 3 is 2.69 bits per heavy atom. The minimum Gasteiger partial charge on any atom is -0.465 e. The number of carbonyl (C=O) groups is 2. The van der Waals surface area contributed by atoms with E-state index < -0.39 is 11.9 Å². The lowest BCUT2D eigenvalue weighted by Gasteiger charge is -2.14. The highest BCUT2D eigenvalue weighted by Crippen LogP contribution is 2.35. The molecule has 1 N–H and O–H groups in total. The monoisotopic (exact) mass is 348 g/mol. The largest absolute Gasteiger partial charge is 0.465 e. The van der Waals surface area contributed by atoms with E-state index in [4.69, 9.17) is 9.26 Å². The molecular formula is C20H16N2O4. The fraction of sp³-hybridized carbons (Fsp3) is 0.150. The Bertz CT molecular complexity index is 1010. The van der Waals surface area contributed by atoms with Crippen molar-refractivity contribution >= 4 is 17.6 Å². The molecule has 0 bridgehead atoms. The molecule has 0 saturated heterocycles. The summed E-state index contributed by atoms with van der Waals surface area (Å²) in [6.07, 6.45) is 1.50. The van der Waals surface area contributed by atoms with Crippen molar-refractivity contribution in [3.8, 4) is 11.3 Å². The average molecular weight is 348 g/mol. The molecule has 26 heavy (non-hydrogen) atoms. The van der Waals surface area contributed by atoms with E-state index in [1.807, 2.05) is 24.3 Å². The molecule has 1 aliphatic rings. The van der Waals surface area contributed by atoms with E-state index in [0.717, 1.165) is 17.5 Å². The minimum atomic E-state index is -0.517. The fourth-order valence-corrected chi connectivity index (χ4v) is 3.21. The number of esters is 1. The second kappa shape index (κ2) is 6.48. The topological polar surface area (TPSA) is 81.4 Å². The summed E-state index contributed by atoms with van der Waals surface area (Å²) >= 11 is 0. The summed E-state index contributed by atoms with van der Waals surface area (Å²) < 4.78 is 10.2. The summed E-state index contributed by atoms with van der Waals surface area (Å²) in [6, 6.07) is 14.6. The maximum absolute atomic E-state index is 12.7. The highest BCUT2D eigenvalue weighted by molar-refractivity contribution is 6.08. The second-order valence-electron chi connectivity index (χ2n) is 5.99. The Balaban J connectivity index is 1.66. The number of nitrogens with one attached hydrogen (secondary N) is 1. The highest BCUT2D eigenvalue weighted by Gasteiger charge is 2.28. The van der Waals surface area contributed by atoms with E-state index >= 15 is 0 Å². The third-order valence-corrected chi connectivity index (χ3v) is 4.49. The number of carbonyl (C=O) groups excluding carboxylic acids is 2. The molecule has 1 aliphatic carbocycles. The van der Waals surface area contributed by atoms with Crippen molar-refractivity contribution in [1.82, 2.24) is 5.16 Å². The quantitative estimate of drug-likeness (QED) is 0.733. The molecule has 0 radical (unpaired) electrons. The summed E-state index contributed by atoms with van der Waals surface area (Å²) in [4.78, 5) is 24.6. The van der Waals surface area contributed by atoms with Crippen molar-refractivity contribution in [2.45, 2.75) is 12.8 Å². The van der Waals surface area contributed by atoms with Gasteiger partial charge in [-0.25, -0.2) is 4.79 Å².